The number of nitrogens with zero attached hydrogens (tertiary/aromatic N) is 1. The van der Waals surface area contributed by atoms with Gasteiger partial charge in [0.05, 0.1) is 27.7 Å². The van der Waals surface area contributed by atoms with Crippen molar-refractivity contribution in [2.45, 2.75) is 31.6 Å². The third-order valence-electron chi connectivity index (χ3n) is 5.22. The van der Waals surface area contributed by atoms with Crippen LogP contribution in [-0.2, 0) is 14.8 Å². The first-order valence-electron chi connectivity index (χ1n) is 10.1. The summed E-state index contributed by atoms with van der Waals surface area (Å²) < 4.78 is 32.4. The van der Waals surface area contributed by atoms with Crippen LogP contribution in [0.3, 0.4) is 0 Å². The van der Waals surface area contributed by atoms with E-state index in [4.69, 9.17) is 16.3 Å². The highest BCUT2D eigenvalue weighted by Crippen LogP contribution is 2.27. The Kier molecular flexibility index (Phi) is 7.35. The first kappa shape index (κ1) is 23.2. The molecule has 1 amide bonds. The summed E-state index contributed by atoms with van der Waals surface area (Å²) in [6, 6.07) is 10.3. The van der Waals surface area contributed by atoms with Crippen molar-refractivity contribution < 1.29 is 22.7 Å². The van der Waals surface area contributed by atoms with E-state index >= 15 is 0 Å². The van der Waals surface area contributed by atoms with Crippen LogP contribution in [0.15, 0.2) is 47.4 Å². The molecule has 9 heteroatoms. The Hall–Kier alpha value is -2.42. The van der Waals surface area contributed by atoms with Gasteiger partial charge in [-0.15, -0.1) is 0 Å². The van der Waals surface area contributed by atoms with E-state index in [1.807, 2.05) is 0 Å². The number of sulfonamides is 1. The van der Waals surface area contributed by atoms with Crippen LogP contribution in [0, 0.1) is 5.92 Å². The Morgan fingerprint density at radius 3 is 2.39 bits per heavy atom. The number of esters is 1. The first-order chi connectivity index (χ1) is 14.7. The van der Waals surface area contributed by atoms with Gasteiger partial charge >= 0.3 is 5.97 Å². The highest BCUT2D eigenvalue weighted by molar-refractivity contribution is 7.89. The zero-order chi connectivity index (χ0) is 22.6. The average Bonchev–Trinajstić information content (AvgIpc) is 2.75. The molecule has 0 radical (unpaired) electrons. The number of nitrogens with one attached hydrogen (secondary N) is 1. The number of piperidine rings is 1. The summed E-state index contributed by atoms with van der Waals surface area (Å²) in [6.07, 6.45) is 1.61. The van der Waals surface area contributed by atoms with Gasteiger partial charge in [-0.3, -0.25) is 4.79 Å². The minimum Gasteiger partial charge on any atom is -0.462 e. The Labute approximate surface area is 187 Å². The van der Waals surface area contributed by atoms with E-state index in [1.165, 1.54) is 34.6 Å². The van der Waals surface area contributed by atoms with Crippen LogP contribution < -0.4 is 5.32 Å². The van der Waals surface area contributed by atoms with Gasteiger partial charge in [0, 0.05) is 18.8 Å². The summed E-state index contributed by atoms with van der Waals surface area (Å²) in [5, 5.41) is 2.82. The number of rotatable bonds is 6. The summed E-state index contributed by atoms with van der Waals surface area (Å²) >= 11 is 6.18. The fourth-order valence-electron chi connectivity index (χ4n) is 3.32. The van der Waals surface area contributed by atoms with E-state index in [-0.39, 0.29) is 22.1 Å². The molecule has 0 aliphatic carbocycles. The van der Waals surface area contributed by atoms with E-state index in [2.05, 4.69) is 12.2 Å². The van der Waals surface area contributed by atoms with Gasteiger partial charge in [-0.1, -0.05) is 18.5 Å². The second-order valence-electron chi connectivity index (χ2n) is 7.48. The zero-order valence-corrected chi connectivity index (χ0v) is 19.0. The van der Waals surface area contributed by atoms with Crippen LogP contribution >= 0.6 is 11.6 Å². The molecule has 2 aromatic rings. The minimum absolute atomic E-state index is 0.0364. The molecule has 7 nitrogen and oxygen atoms in total. The first-order valence-corrected chi connectivity index (χ1v) is 11.9. The Bertz CT molecular complexity index is 1060. The third-order valence-corrected chi connectivity index (χ3v) is 7.44. The standard InChI is InChI=1S/C22H25ClN2O5S/c1-3-30-22(27)16-4-6-17(7-5-16)24-21(26)19-14-18(8-9-20(19)23)31(28,29)25-12-10-15(2)11-13-25/h4-9,14-15H,3,10-13H2,1-2H3,(H,24,26). The quantitative estimate of drug-likeness (QED) is 0.647. The lowest BCUT2D eigenvalue weighted by atomic mass is 10.0. The average molecular weight is 465 g/mol. The van der Waals surface area contributed by atoms with Crippen molar-refractivity contribution in [1.29, 1.82) is 0 Å². The Morgan fingerprint density at radius 2 is 1.77 bits per heavy atom. The van der Waals surface area contributed by atoms with Crippen LogP contribution in [0.2, 0.25) is 5.02 Å². The van der Waals surface area contributed by atoms with Gasteiger partial charge in [0.2, 0.25) is 10.0 Å². The van der Waals surface area contributed by atoms with E-state index in [9.17, 15) is 18.0 Å². The van der Waals surface area contributed by atoms with Gasteiger partial charge in [0.15, 0.2) is 0 Å². The molecule has 0 unspecified atom stereocenters. The van der Waals surface area contributed by atoms with Gasteiger partial charge in [0.25, 0.3) is 5.91 Å². The number of ether oxygens (including phenoxy) is 1. The molecule has 1 N–H and O–H groups in total. The van der Waals surface area contributed by atoms with Crippen molar-refractivity contribution in [2.24, 2.45) is 5.92 Å². The van der Waals surface area contributed by atoms with Crippen molar-refractivity contribution in [3.05, 3.63) is 58.6 Å². The maximum atomic E-state index is 13.0. The molecule has 0 atom stereocenters. The van der Waals surface area contributed by atoms with Crippen molar-refractivity contribution >= 4 is 39.2 Å². The molecule has 1 heterocycles. The topological polar surface area (TPSA) is 92.8 Å². The molecule has 1 saturated heterocycles. The molecular weight excluding hydrogens is 440 g/mol. The maximum Gasteiger partial charge on any atom is 0.338 e. The number of anilines is 1. The van der Waals surface area contributed by atoms with Gasteiger partial charge in [-0.25, -0.2) is 13.2 Å². The van der Waals surface area contributed by atoms with Crippen molar-refractivity contribution in [1.82, 2.24) is 4.31 Å². The Morgan fingerprint density at radius 1 is 1.13 bits per heavy atom. The number of hydrogen-bond acceptors (Lipinski definition) is 5. The summed E-state index contributed by atoms with van der Waals surface area (Å²) in [7, 11) is -3.71. The van der Waals surface area contributed by atoms with E-state index < -0.39 is 21.9 Å². The van der Waals surface area contributed by atoms with Crippen LogP contribution in [0.5, 0.6) is 0 Å². The lowest BCUT2D eigenvalue weighted by molar-refractivity contribution is 0.0526. The molecule has 0 bridgehead atoms. The van der Waals surface area contributed by atoms with Crippen molar-refractivity contribution in [3.8, 4) is 0 Å². The predicted molar refractivity (Wildman–Crippen MR) is 119 cm³/mol. The Balaban J connectivity index is 1.78. The van der Waals surface area contributed by atoms with Crippen LogP contribution in [-0.4, -0.2) is 44.3 Å². The summed E-state index contributed by atoms with van der Waals surface area (Å²) in [5.41, 5.74) is 0.858. The number of hydrogen-bond donors (Lipinski definition) is 1. The summed E-state index contributed by atoms with van der Waals surface area (Å²) in [4.78, 5) is 24.5. The maximum absolute atomic E-state index is 13.0. The number of carbonyl (C=O) groups excluding carboxylic acids is 2. The lowest BCUT2D eigenvalue weighted by Crippen LogP contribution is -2.37. The molecule has 1 aliphatic rings. The molecule has 0 saturated carbocycles. The monoisotopic (exact) mass is 464 g/mol. The highest BCUT2D eigenvalue weighted by Gasteiger charge is 2.29. The number of amides is 1. The summed E-state index contributed by atoms with van der Waals surface area (Å²) in [6.45, 7) is 5.01. The molecule has 31 heavy (non-hydrogen) atoms. The minimum atomic E-state index is -3.71. The lowest BCUT2D eigenvalue weighted by Gasteiger charge is -2.29. The van der Waals surface area contributed by atoms with Crippen LogP contribution in [0.4, 0.5) is 5.69 Å². The zero-order valence-electron chi connectivity index (χ0n) is 17.4. The molecule has 0 spiro atoms. The highest BCUT2D eigenvalue weighted by atomic mass is 35.5. The normalized spacial score (nSPS) is 15.5. The summed E-state index contributed by atoms with van der Waals surface area (Å²) in [5.74, 6) is -0.500. The van der Waals surface area contributed by atoms with Crippen LogP contribution in [0.25, 0.3) is 0 Å². The second-order valence-corrected chi connectivity index (χ2v) is 9.83. The molecule has 3 rings (SSSR count). The number of benzene rings is 2. The third kappa shape index (κ3) is 5.44. The fraction of sp³-hybridized carbons (Fsp3) is 0.364. The van der Waals surface area contributed by atoms with Gasteiger partial charge in [-0.05, 0) is 68.1 Å². The van der Waals surface area contributed by atoms with Gasteiger partial charge in [0.1, 0.15) is 0 Å². The van der Waals surface area contributed by atoms with E-state index in [1.54, 1.807) is 19.1 Å². The fourth-order valence-corrected chi connectivity index (χ4v) is 5.02. The molecule has 1 aliphatic heterocycles. The number of carbonyl (C=O) groups is 2. The smallest absolute Gasteiger partial charge is 0.338 e. The largest absolute Gasteiger partial charge is 0.462 e. The molecule has 0 aromatic heterocycles. The molecule has 2 aromatic carbocycles. The van der Waals surface area contributed by atoms with Gasteiger partial charge in [-0.2, -0.15) is 4.31 Å². The molecular formula is C22H25ClN2O5S. The molecule has 1 fully saturated rings. The van der Waals surface area contributed by atoms with Crippen molar-refractivity contribution in [3.63, 3.8) is 0 Å². The van der Waals surface area contributed by atoms with Crippen molar-refractivity contribution in [2.75, 3.05) is 25.0 Å². The molecule has 166 valence electrons. The second kappa shape index (κ2) is 9.80. The van der Waals surface area contributed by atoms with Gasteiger partial charge < -0.3 is 10.1 Å². The number of halogens is 1. The predicted octanol–water partition coefficient (Wildman–Crippen LogP) is 4.19. The SMILES string of the molecule is CCOC(=O)c1ccc(NC(=O)c2cc(S(=O)(=O)N3CCC(C)CC3)ccc2Cl)cc1. The van der Waals surface area contributed by atoms with E-state index in [0.717, 1.165) is 12.8 Å². The van der Waals surface area contributed by atoms with E-state index in [0.29, 0.717) is 30.3 Å². The van der Waals surface area contributed by atoms with Crippen LogP contribution in [0.1, 0.15) is 47.4 Å².